The Morgan fingerprint density at radius 2 is 2.16 bits per heavy atom. The van der Waals surface area contributed by atoms with Gasteiger partial charge in [0.05, 0.1) is 29.2 Å². The Kier molecular flexibility index (Phi) is 4.55. The molecular weight excluding hydrogens is 285 g/mol. The molecule has 0 aliphatic rings. The van der Waals surface area contributed by atoms with Crippen LogP contribution < -0.4 is 5.32 Å². The first-order valence-electron chi connectivity index (χ1n) is 6.25. The van der Waals surface area contributed by atoms with Crippen LogP contribution in [0.1, 0.15) is 44.1 Å². The molecule has 0 saturated heterocycles. The SMILES string of the molecule is CCNC(c1ccoc1Cl)c1c(Cl)cnn1C(C)C. The van der Waals surface area contributed by atoms with E-state index in [9.17, 15) is 0 Å². The standard InChI is InChI=1S/C13H17Cl2N3O/c1-4-16-11(9-5-6-19-13(9)15)12-10(14)7-17-18(12)8(2)3/h5-8,11,16H,4H2,1-3H3. The first-order valence-corrected chi connectivity index (χ1v) is 7.01. The summed E-state index contributed by atoms with van der Waals surface area (Å²) in [6, 6.07) is 1.94. The minimum atomic E-state index is -0.131. The highest BCUT2D eigenvalue weighted by Crippen LogP contribution is 2.34. The van der Waals surface area contributed by atoms with E-state index < -0.39 is 0 Å². The molecule has 0 radical (unpaired) electrons. The largest absolute Gasteiger partial charge is 0.453 e. The van der Waals surface area contributed by atoms with Gasteiger partial charge in [0.15, 0.2) is 5.22 Å². The second-order valence-electron chi connectivity index (χ2n) is 4.56. The Balaban J connectivity index is 2.51. The van der Waals surface area contributed by atoms with E-state index in [1.165, 1.54) is 0 Å². The molecule has 0 fully saturated rings. The number of aromatic nitrogens is 2. The molecule has 104 valence electrons. The third-order valence-electron chi connectivity index (χ3n) is 2.91. The lowest BCUT2D eigenvalue weighted by atomic mass is 10.1. The summed E-state index contributed by atoms with van der Waals surface area (Å²) in [5.74, 6) is 0. The minimum absolute atomic E-state index is 0.131. The summed E-state index contributed by atoms with van der Waals surface area (Å²) in [6.07, 6.45) is 3.24. The molecule has 19 heavy (non-hydrogen) atoms. The molecule has 0 saturated carbocycles. The summed E-state index contributed by atoms with van der Waals surface area (Å²) in [5.41, 5.74) is 1.77. The number of hydrogen-bond acceptors (Lipinski definition) is 3. The van der Waals surface area contributed by atoms with Crippen molar-refractivity contribution in [3.05, 3.63) is 40.0 Å². The maximum Gasteiger partial charge on any atom is 0.198 e. The van der Waals surface area contributed by atoms with E-state index in [4.69, 9.17) is 27.6 Å². The molecule has 2 aromatic heterocycles. The highest BCUT2D eigenvalue weighted by molar-refractivity contribution is 6.31. The lowest BCUT2D eigenvalue weighted by molar-refractivity contribution is 0.473. The van der Waals surface area contributed by atoms with Gasteiger partial charge in [0.25, 0.3) is 0 Å². The van der Waals surface area contributed by atoms with Crippen LogP contribution in [0.3, 0.4) is 0 Å². The average molecular weight is 302 g/mol. The van der Waals surface area contributed by atoms with Gasteiger partial charge in [-0.3, -0.25) is 4.68 Å². The van der Waals surface area contributed by atoms with Gasteiger partial charge in [-0.05, 0) is 38.1 Å². The number of hydrogen-bond donors (Lipinski definition) is 1. The molecule has 6 heteroatoms. The van der Waals surface area contributed by atoms with E-state index in [0.717, 1.165) is 17.8 Å². The zero-order chi connectivity index (χ0) is 14.0. The summed E-state index contributed by atoms with van der Waals surface area (Å²) < 4.78 is 7.08. The van der Waals surface area contributed by atoms with Crippen molar-refractivity contribution in [2.45, 2.75) is 32.9 Å². The molecule has 2 heterocycles. The molecule has 4 nitrogen and oxygen atoms in total. The second-order valence-corrected chi connectivity index (χ2v) is 5.31. The fraction of sp³-hybridized carbons (Fsp3) is 0.462. The first kappa shape index (κ1) is 14.4. The van der Waals surface area contributed by atoms with Crippen molar-refractivity contribution in [2.75, 3.05) is 6.54 Å². The Bertz CT molecular complexity index is 548. The third kappa shape index (κ3) is 2.81. The molecule has 1 N–H and O–H groups in total. The van der Waals surface area contributed by atoms with Gasteiger partial charge in [-0.1, -0.05) is 18.5 Å². The van der Waals surface area contributed by atoms with E-state index >= 15 is 0 Å². The Labute approximate surface area is 122 Å². The molecule has 0 amide bonds. The molecule has 1 atom stereocenters. The molecule has 0 spiro atoms. The maximum atomic E-state index is 6.29. The monoisotopic (exact) mass is 301 g/mol. The number of nitrogens with zero attached hydrogens (tertiary/aromatic N) is 2. The van der Waals surface area contributed by atoms with Crippen molar-refractivity contribution < 1.29 is 4.42 Å². The van der Waals surface area contributed by atoms with Crippen LogP contribution in [0.25, 0.3) is 0 Å². The minimum Gasteiger partial charge on any atom is -0.453 e. The van der Waals surface area contributed by atoms with Crippen molar-refractivity contribution in [3.63, 3.8) is 0 Å². The fourth-order valence-corrected chi connectivity index (χ4v) is 2.56. The molecule has 0 aromatic carbocycles. The van der Waals surface area contributed by atoms with Crippen molar-refractivity contribution >= 4 is 23.2 Å². The third-order valence-corrected chi connectivity index (χ3v) is 3.51. The lowest BCUT2D eigenvalue weighted by Crippen LogP contribution is -2.25. The van der Waals surface area contributed by atoms with Gasteiger partial charge in [0.1, 0.15) is 0 Å². The smallest absolute Gasteiger partial charge is 0.198 e. The molecule has 2 aromatic rings. The highest BCUT2D eigenvalue weighted by atomic mass is 35.5. The molecule has 1 unspecified atom stereocenters. The van der Waals surface area contributed by atoms with Crippen LogP contribution >= 0.6 is 23.2 Å². The van der Waals surface area contributed by atoms with E-state index in [1.807, 2.05) is 17.7 Å². The topological polar surface area (TPSA) is 43.0 Å². The quantitative estimate of drug-likeness (QED) is 0.905. The van der Waals surface area contributed by atoms with Crippen molar-refractivity contribution in [2.24, 2.45) is 0 Å². The first-order chi connectivity index (χ1) is 9.06. The van der Waals surface area contributed by atoms with E-state index in [1.54, 1.807) is 12.5 Å². The van der Waals surface area contributed by atoms with Crippen LogP contribution in [0.15, 0.2) is 22.9 Å². The van der Waals surface area contributed by atoms with Gasteiger partial charge in [-0.2, -0.15) is 5.10 Å². The van der Waals surface area contributed by atoms with Crippen LogP contribution in [0.2, 0.25) is 10.2 Å². The molecule has 0 bridgehead atoms. The summed E-state index contributed by atoms with van der Waals surface area (Å²) >= 11 is 12.4. The molecular formula is C13H17Cl2N3O. The van der Waals surface area contributed by atoms with Crippen molar-refractivity contribution in [3.8, 4) is 0 Å². The Morgan fingerprint density at radius 3 is 2.68 bits per heavy atom. The summed E-state index contributed by atoms with van der Waals surface area (Å²) in [5, 5.41) is 8.70. The molecule has 2 rings (SSSR count). The van der Waals surface area contributed by atoms with Gasteiger partial charge < -0.3 is 9.73 Å². The molecule has 0 aliphatic carbocycles. The zero-order valence-electron chi connectivity index (χ0n) is 11.2. The van der Waals surface area contributed by atoms with E-state index in [2.05, 4.69) is 24.3 Å². The maximum absolute atomic E-state index is 6.29. The van der Waals surface area contributed by atoms with Crippen LogP contribution in [0.5, 0.6) is 0 Å². The van der Waals surface area contributed by atoms with Crippen LogP contribution in [-0.4, -0.2) is 16.3 Å². The van der Waals surface area contributed by atoms with Crippen LogP contribution in [0.4, 0.5) is 0 Å². The van der Waals surface area contributed by atoms with Gasteiger partial charge in [0.2, 0.25) is 0 Å². The zero-order valence-corrected chi connectivity index (χ0v) is 12.7. The lowest BCUT2D eigenvalue weighted by Gasteiger charge is -2.21. The van der Waals surface area contributed by atoms with Crippen molar-refractivity contribution in [1.82, 2.24) is 15.1 Å². The highest BCUT2D eigenvalue weighted by Gasteiger charge is 2.25. The number of halogens is 2. The van der Waals surface area contributed by atoms with Crippen LogP contribution in [-0.2, 0) is 0 Å². The van der Waals surface area contributed by atoms with Gasteiger partial charge >= 0.3 is 0 Å². The summed E-state index contributed by atoms with van der Waals surface area (Å²) in [6.45, 7) is 6.94. The van der Waals surface area contributed by atoms with Gasteiger partial charge in [-0.15, -0.1) is 0 Å². The number of rotatable bonds is 5. The predicted molar refractivity (Wildman–Crippen MR) is 76.9 cm³/mol. The van der Waals surface area contributed by atoms with Crippen molar-refractivity contribution in [1.29, 1.82) is 0 Å². The van der Waals surface area contributed by atoms with Gasteiger partial charge in [-0.25, -0.2) is 0 Å². The van der Waals surface area contributed by atoms with E-state index in [-0.39, 0.29) is 12.1 Å². The normalized spacial score (nSPS) is 13.2. The fourth-order valence-electron chi connectivity index (χ4n) is 2.10. The summed E-state index contributed by atoms with van der Waals surface area (Å²) in [4.78, 5) is 0. The summed E-state index contributed by atoms with van der Waals surface area (Å²) in [7, 11) is 0. The Hall–Kier alpha value is -0.970. The van der Waals surface area contributed by atoms with E-state index in [0.29, 0.717) is 10.2 Å². The average Bonchev–Trinajstić information content (AvgIpc) is 2.93. The molecule has 0 aliphatic heterocycles. The Morgan fingerprint density at radius 1 is 1.42 bits per heavy atom. The number of nitrogens with one attached hydrogen (secondary N) is 1. The second kappa shape index (κ2) is 5.99. The number of furan rings is 1. The van der Waals surface area contributed by atoms with Gasteiger partial charge in [0, 0.05) is 11.6 Å². The predicted octanol–water partition coefficient (Wildman–Crippen LogP) is 4.06. The van der Waals surface area contributed by atoms with Crippen LogP contribution in [0, 0.1) is 0 Å².